The zero-order valence-electron chi connectivity index (χ0n) is 7.83. The van der Waals surface area contributed by atoms with Crippen LogP contribution in [0.5, 0.6) is 0 Å². The monoisotopic (exact) mass is 263 g/mol. The van der Waals surface area contributed by atoms with Crippen molar-refractivity contribution < 1.29 is 5.11 Å². The third-order valence-electron chi connectivity index (χ3n) is 1.77. The fraction of sp³-hybridized carbons (Fsp3) is 0.556. The number of aliphatic hydroxyl groups excluding tert-OH is 1. The van der Waals surface area contributed by atoms with E-state index in [-0.39, 0.29) is 6.10 Å². The summed E-state index contributed by atoms with van der Waals surface area (Å²) in [6, 6.07) is 1.98. The van der Waals surface area contributed by atoms with Gasteiger partial charge in [0.25, 0.3) is 0 Å². The van der Waals surface area contributed by atoms with Gasteiger partial charge < -0.3 is 10.0 Å². The molecule has 1 atom stereocenters. The minimum atomic E-state index is -0.321. The van der Waals surface area contributed by atoms with Crippen molar-refractivity contribution in [2.45, 2.75) is 12.5 Å². The zero-order chi connectivity index (χ0) is 9.84. The van der Waals surface area contributed by atoms with Gasteiger partial charge in [-0.1, -0.05) is 0 Å². The fourth-order valence-corrected chi connectivity index (χ4v) is 2.49. The first kappa shape index (κ1) is 11.2. The van der Waals surface area contributed by atoms with Gasteiger partial charge in [0.05, 0.1) is 6.10 Å². The standard InChI is InChI=1S/C9H14BrNOS/c1-11(2)4-3-8(12)9-5-7(10)6-13-9/h5-6,8,12H,3-4H2,1-2H3. The lowest BCUT2D eigenvalue weighted by atomic mass is 10.2. The molecule has 0 amide bonds. The summed E-state index contributed by atoms with van der Waals surface area (Å²) in [5.41, 5.74) is 0. The van der Waals surface area contributed by atoms with Gasteiger partial charge in [-0.15, -0.1) is 11.3 Å². The van der Waals surface area contributed by atoms with Crippen molar-refractivity contribution in [1.82, 2.24) is 4.90 Å². The zero-order valence-corrected chi connectivity index (χ0v) is 10.2. The maximum absolute atomic E-state index is 9.75. The van der Waals surface area contributed by atoms with E-state index in [9.17, 15) is 5.11 Å². The molecule has 2 nitrogen and oxygen atoms in total. The topological polar surface area (TPSA) is 23.5 Å². The Balaban J connectivity index is 2.44. The molecule has 1 aromatic heterocycles. The Bertz CT molecular complexity index is 262. The molecule has 0 aliphatic carbocycles. The number of nitrogens with zero attached hydrogens (tertiary/aromatic N) is 1. The molecule has 0 saturated carbocycles. The minimum Gasteiger partial charge on any atom is -0.388 e. The largest absolute Gasteiger partial charge is 0.388 e. The molecule has 0 aromatic carbocycles. The van der Waals surface area contributed by atoms with Crippen LogP contribution in [0.15, 0.2) is 15.9 Å². The molecular formula is C9H14BrNOS. The first-order valence-electron chi connectivity index (χ1n) is 4.16. The summed E-state index contributed by atoms with van der Waals surface area (Å²) in [7, 11) is 4.02. The van der Waals surface area contributed by atoms with Crippen LogP contribution in [0.25, 0.3) is 0 Å². The Hall–Kier alpha value is 0.1000. The van der Waals surface area contributed by atoms with Crippen molar-refractivity contribution in [2.75, 3.05) is 20.6 Å². The highest BCUT2D eigenvalue weighted by molar-refractivity contribution is 9.10. The lowest BCUT2D eigenvalue weighted by Gasteiger charge is -2.12. The lowest BCUT2D eigenvalue weighted by molar-refractivity contribution is 0.157. The van der Waals surface area contributed by atoms with Crippen molar-refractivity contribution in [3.05, 3.63) is 20.8 Å². The van der Waals surface area contributed by atoms with E-state index in [0.29, 0.717) is 0 Å². The van der Waals surface area contributed by atoms with Crippen LogP contribution >= 0.6 is 27.3 Å². The highest BCUT2D eigenvalue weighted by Gasteiger charge is 2.09. The normalized spacial score (nSPS) is 13.6. The van der Waals surface area contributed by atoms with Gasteiger partial charge in [0.1, 0.15) is 0 Å². The molecule has 0 aliphatic heterocycles. The van der Waals surface area contributed by atoms with Gasteiger partial charge in [-0.2, -0.15) is 0 Å². The SMILES string of the molecule is CN(C)CCC(O)c1cc(Br)cs1. The summed E-state index contributed by atoms with van der Waals surface area (Å²) >= 11 is 4.96. The van der Waals surface area contributed by atoms with E-state index in [1.165, 1.54) is 0 Å². The van der Waals surface area contributed by atoms with Crippen molar-refractivity contribution in [3.63, 3.8) is 0 Å². The third-order valence-corrected chi connectivity index (χ3v) is 3.56. The molecule has 1 N–H and O–H groups in total. The average Bonchev–Trinajstić information content (AvgIpc) is 2.47. The van der Waals surface area contributed by atoms with Gasteiger partial charge in [0, 0.05) is 21.3 Å². The summed E-state index contributed by atoms with van der Waals surface area (Å²) in [6.07, 6.45) is 0.471. The first-order valence-corrected chi connectivity index (χ1v) is 5.83. The average molecular weight is 264 g/mol. The van der Waals surface area contributed by atoms with Gasteiger partial charge in [-0.05, 0) is 42.5 Å². The van der Waals surface area contributed by atoms with Gasteiger partial charge in [0.15, 0.2) is 0 Å². The molecule has 0 radical (unpaired) electrons. The predicted molar refractivity (Wildman–Crippen MR) is 60.1 cm³/mol. The van der Waals surface area contributed by atoms with Gasteiger partial charge >= 0.3 is 0 Å². The smallest absolute Gasteiger partial charge is 0.0894 e. The van der Waals surface area contributed by atoms with Crippen LogP contribution in [-0.4, -0.2) is 30.6 Å². The van der Waals surface area contributed by atoms with E-state index in [4.69, 9.17) is 0 Å². The molecule has 0 aliphatic rings. The first-order chi connectivity index (χ1) is 6.09. The van der Waals surface area contributed by atoms with Crippen LogP contribution < -0.4 is 0 Å². The second-order valence-corrected chi connectivity index (χ2v) is 5.13. The summed E-state index contributed by atoms with van der Waals surface area (Å²) in [5, 5.41) is 11.7. The molecule has 0 fully saturated rings. The summed E-state index contributed by atoms with van der Waals surface area (Å²) in [5.74, 6) is 0. The van der Waals surface area contributed by atoms with E-state index in [0.717, 1.165) is 22.3 Å². The summed E-state index contributed by atoms with van der Waals surface area (Å²) < 4.78 is 1.05. The second-order valence-electron chi connectivity index (χ2n) is 3.28. The van der Waals surface area contributed by atoms with Crippen LogP contribution in [0.1, 0.15) is 17.4 Å². The molecule has 0 saturated heterocycles. The molecule has 1 aromatic rings. The Morgan fingerprint density at radius 1 is 1.62 bits per heavy atom. The van der Waals surface area contributed by atoms with Crippen LogP contribution in [0.3, 0.4) is 0 Å². The molecule has 4 heteroatoms. The summed E-state index contributed by atoms with van der Waals surface area (Å²) in [6.45, 7) is 0.913. The van der Waals surface area contributed by atoms with E-state index in [2.05, 4.69) is 20.8 Å². The molecular weight excluding hydrogens is 250 g/mol. The predicted octanol–water partition coefficient (Wildman–Crippen LogP) is 2.50. The van der Waals surface area contributed by atoms with Gasteiger partial charge in [-0.3, -0.25) is 0 Å². The molecule has 13 heavy (non-hydrogen) atoms. The highest BCUT2D eigenvalue weighted by Crippen LogP contribution is 2.27. The maximum atomic E-state index is 9.75. The number of halogens is 1. The number of aliphatic hydroxyl groups is 1. The number of thiophene rings is 1. The number of rotatable bonds is 4. The quantitative estimate of drug-likeness (QED) is 0.903. The molecule has 0 spiro atoms. The van der Waals surface area contributed by atoms with Crippen LogP contribution in [0.4, 0.5) is 0 Å². The van der Waals surface area contributed by atoms with Crippen molar-refractivity contribution in [2.24, 2.45) is 0 Å². The second kappa shape index (κ2) is 5.10. The van der Waals surface area contributed by atoms with Crippen LogP contribution in [0.2, 0.25) is 0 Å². The van der Waals surface area contributed by atoms with Gasteiger partial charge in [-0.25, -0.2) is 0 Å². The van der Waals surface area contributed by atoms with Crippen LogP contribution in [-0.2, 0) is 0 Å². The van der Waals surface area contributed by atoms with Gasteiger partial charge in [0.2, 0.25) is 0 Å². The molecule has 0 bridgehead atoms. The molecule has 1 unspecified atom stereocenters. The third kappa shape index (κ3) is 3.77. The van der Waals surface area contributed by atoms with Crippen molar-refractivity contribution in [3.8, 4) is 0 Å². The Labute approximate surface area is 91.3 Å². The van der Waals surface area contributed by atoms with E-state index in [1.807, 2.05) is 25.5 Å². The Morgan fingerprint density at radius 3 is 2.77 bits per heavy atom. The molecule has 1 rings (SSSR count). The van der Waals surface area contributed by atoms with E-state index >= 15 is 0 Å². The number of hydrogen-bond acceptors (Lipinski definition) is 3. The van der Waals surface area contributed by atoms with Crippen molar-refractivity contribution in [1.29, 1.82) is 0 Å². The Morgan fingerprint density at radius 2 is 2.31 bits per heavy atom. The van der Waals surface area contributed by atoms with E-state index in [1.54, 1.807) is 11.3 Å². The summed E-state index contributed by atoms with van der Waals surface area (Å²) in [4.78, 5) is 3.11. The molecule has 1 heterocycles. The highest BCUT2D eigenvalue weighted by atomic mass is 79.9. The van der Waals surface area contributed by atoms with Crippen molar-refractivity contribution >= 4 is 27.3 Å². The Kier molecular flexibility index (Phi) is 4.38. The fourth-order valence-electron chi connectivity index (χ4n) is 1.03. The van der Waals surface area contributed by atoms with E-state index < -0.39 is 0 Å². The maximum Gasteiger partial charge on any atom is 0.0894 e. The lowest BCUT2D eigenvalue weighted by Crippen LogP contribution is -2.15. The number of hydrogen-bond donors (Lipinski definition) is 1. The van der Waals surface area contributed by atoms with Crippen LogP contribution in [0, 0.1) is 0 Å². The minimum absolute atomic E-state index is 0.321. The molecule has 74 valence electrons.